The summed E-state index contributed by atoms with van der Waals surface area (Å²) in [6.45, 7) is 9.89. The Morgan fingerprint density at radius 2 is 2.00 bits per heavy atom. The van der Waals surface area contributed by atoms with Crippen LogP contribution in [0.2, 0.25) is 5.02 Å². The largest absolute Gasteiger partial charge is 0.314 e. The van der Waals surface area contributed by atoms with Crippen LogP contribution in [-0.4, -0.2) is 12.6 Å². The van der Waals surface area contributed by atoms with E-state index in [1.54, 1.807) is 0 Å². The molecule has 1 aromatic carbocycles. The fourth-order valence-electron chi connectivity index (χ4n) is 1.91. The van der Waals surface area contributed by atoms with Crippen molar-refractivity contribution in [3.05, 3.63) is 34.3 Å². The van der Waals surface area contributed by atoms with Crippen LogP contribution in [0.25, 0.3) is 0 Å². The average Bonchev–Trinajstić information content (AvgIpc) is 2.29. The Bertz CT molecular complexity index is 349. The van der Waals surface area contributed by atoms with Crippen molar-refractivity contribution < 1.29 is 0 Å². The summed E-state index contributed by atoms with van der Waals surface area (Å²) in [5.41, 5.74) is 2.48. The summed E-state index contributed by atoms with van der Waals surface area (Å²) in [5.74, 6) is 0.599. The van der Waals surface area contributed by atoms with Gasteiger partial charge in [0.25, 0.3) is 0 Å². The van der Waals surface area contributed by atoms with Crippen LogP contribution in [0.4, 0.5) is 0 Å². The highest BCUT2D eigenvalue weighted by atomic mass is 35.5. The summed E-state index contributed by atoms with van der Waals surface area (Å²) < 4.78 is 0. The fraction of sp³-hybridized carbons (Fsp3) is 0.600. The molecule has 2 atom stereocenters. The summed E-state index contributed by atoms with van der Waals surface area (Å²) >= 11 is 6.26. The van der Waals surface area contributed by atoms with E-state index in [1.807, 2.05) is 6.07 Å². The molecule has 1 nitrogen and oxygen atoms in total. The van der Waals surface area contributed by atoms with Crippen LogP contribution in [0.15, 0.2) is 18.2 Å². The molecule has 0 bridgehead atoms. The van der Waals surface area contributed by atoms with E-state index in [0.29, 0.717) is 12.0 Å². The summed E-state index contributed by atoms with van der Waals surface area (Å²) in [5, 5.41) is 4.44. The molecule has 0 saturated carbocycles. The van der Waals surface area contributed by atoms with E-state index >= 15 is 0 Å². The quantitative estimate of drug-likeness (QED) is 0.801. The molecular weight excluding hydrogens is 230 g/mol. The number of aryl methyl sites for hydroxylation is 1. The number of nitrogens with one attached hydrogen (secondary N) is 1. The molecule has 17 heavy (non-hydrogen) atoms. The van der Waals surface area contributed by atoms with Crippen LogP contribution >= 0.6 is 11.6 Å². The monoisotopic (exact) mass is 253 g/mol. The van der Waals surface area contributed by atoms with Gasteiger partial charge in [-0.2, -0.15) is 0 Å². The van der Waals surface area contributed by atoms with Gasteiger partial charge in [0.2, 0.25) is 0 Å². The van der Waals surface area contributed by atoms with Gasteiger partial charge in [-0.05, 0) is 56.3 Å². The summed E-state index contributed by atoms with van der Waals surface area (Å²) in [4.78, 5) is 0. The van der Waals surface area contributed by atoms with E-state index in [4.69, 9.17) is 11.6 Å². The van der Waals surface area contributed by atoms with Crippen LogP contribution in [0.5, 0.6) is 0 Å². The first-order valence-electron chi connectivity index (χ1n) is 6.53. The molecule has 0 aliphatic rings. The van der Waals surface area contributed by atoms with Crippen molar-refractivity contribution in [2.75, 3.05) is 6.54 Å². The van der Waals surface area contributed by atoms with Gasteiger partial charge in [0, 0.05) is 11.1 Å². The zero-order valence-corrected chi connectivity index (χ0v) is 12.1. The maximum atomic E-state index is 6.26. The van der Waals surface area contributed by atoms with E-state index < -0.39 is 0 Å². The summed E-state index contributed by atoms with van der Waals surface area (Å²) in [6.07, 6.45) is 2.22. The summed E-state index contributed by atoms with van der Waals surface area (Å²) in [7, 11) is 0. The second-order valence-electron chi connectivity index (χ2n) is 5.02. The minimum absolute atomic E-state index is 0.535. The molecule has 0 fully saturated rings. The summed E-state index contributed by atoms with van der Waals surface area (Å²) in [6, 6.07) is 6.87. The molecule has 1 aromatic rings. The average molecular weight is 254 g/mol. The molecule has 1 N–H and O–H groups in total. The molecule has 96 valence electrons. The molecule has 0 heterocycles. The predicted molar refractivity (Wildman–Crippen MR) is 76.8 cm³/mol. The molecule has 0 spiro atoms. The third kappa shape index (κ3) is 4.69. The number of rotatable bonds is 6. The second-order valence-corrected chi connectivity index (χ2v) is 5.43. The van der Waals surface area contributed by atoms with E-state index in [-0.39, 0.29) is 0 Å². The molecule has 0 radical (unpaired) electrons. The topological polar surface area (TPSA) is 12.0 Å². The fourth-order valence-corrected chi connectivity index (χ4v) is 2.23. The van der Waals surface area contributed by atoms with Gasteiger partial charge in [-0.1, -0.05) is 37.6 Å². The highest BCUT2D eigenvalue weighted by molar-refractivity contribution is 6.31. The lowest BCUT2D eigenvalue weighted by atomic mass is 9.94. The van der Waals surface area contributed by atoms with Gasteiger partial charge in [-0.3, -0.25) is 0 Å². The van der Waals surface area contributed by atoms with Crippen molar-refractivity contribution in [2.45, 2.75) is 46.6 Å². The lowest BCUT2D eigenvalue weighted by Gasteiger charge is -2.21. The van der Waals surface area contributed by atoms with E-state index in [1.165, 1.54) is 17.5 Å². The number of hydrogen-bond donors (Lipinski definition) is 1. The van der Waals surface area contributed by atoms with Crippen molar-refractivity contribution in [1.82, 2.24) is 5.32 Å². The SMILES string of the molecule is CCCNC(C)C(C)Cc1ccc(C)cc1Cl. The van der Waals surface area contributed by atoms with E-state index in [2.05, 4.69) is 45.1 Å². The van der Waals surface area contributed by atoms with Crippen LogP contribution in [0.1, 0.15) is 38.3 Å². The predicted octanol–water partition coefficient (Wildman–Crippen LogP) is 4.22. The van der Waals surface area contributed by atoms with Gasteiger partial charge < -0.3 is 5.32 Å². The van der Waals surface area contributed by atoms with Gasteiger partial charge in [-0.15, -0.1) is 0 Å². The third-order valence-electron chi connectivity index (χ3n) is 3.32. The molecule has 0 aromatic heterocycles. The maximum absolute atomic E-state index is 6.26. The number of halogens is 1. The van der Waals surface area contributed by atoms with Crippen LogP contribution in [0.3, 0.4) is 0 Å². The third-order valence-corrected chi connectivity index (χ3v) is 3.67. The molecule has 0 aliphatic carbocycles. The Morgan fingerprint density at radius 3 is 2.59 bits per heavy atom. The Kier molecular flexibility index (Phi) is 6.01. The number of hydrogen-bond acceptors (Lipinski definition) is 1. The Morgan fingerprint density at radius 1 is 1.29 bits per heavy atom. The number of benzene rings is 1. The zero-order valence-electron chi connectivity index (χ0n) is 11.4. The van der Waals surface area contributed by atoms with Crippen molar-refractivity contribution in [3.63, 3.8) is 0 Å². The lowest BCUT2D eigenvalue weighted by Crippen LogP contribution is -2.33. The molecule has 2 unspecified atom stereocenters. The maximum Gasteiger partial charge on any atom is 0.0440 e. The minimum atomic E-state index is 0.535. The van der Waals surface area contributed by atoms with E-state index in [0.717, 1.165) is 18.0 Å². The van der Waals surface area contributed by atoms with Gasteiger partial charge in [0.05, 0.1) is 0 Å². The highest BCUT2D eigenvalue weighted by Gasteiger charge is 2.13. The lowest BCUT2D eigenvalue weighted by molar-refractivity contribution is 0.399. The van der Waals surface area contributed by atoms with Gasteiger partial charge >= 0.3 is 0 Å². The molecule has 0 aliphatic heterocycles. The molecule has 2 heteroatoms. The van der Waals surface area contributed by atoms with Gasteiger partial charge in [-0.25, -0.2) is 0 Å². The van der Waals surface area contributed by atoms with Gasteiger partial charge in [0.15, 0.2) is 0 Å². The van der Waals surface area contributed by atoms with Crippen LogP contribution < -0.4 is 5.32 Å². The smallest absolute Gasteiger partial charge is 0.0440 e. The first-order chi connectivity index (χ1) is 8.04. The van der Waals surface area contributed by atoms with Crippen LogP contribution in [-0.2, 0) is 6.42 Å². The molecule has 0 amide bonds. The Balaban J connectivity index is 2.58. The molecule has 1 rings (SSSR count). The van der Waals surface area contributed by atoms with E-state index in [9.17, 15) is 0 Å². The normalized spacial score (nSPS) is 14.6. The van der Waals surface area contributed by atoms with Crippen molar-refractivity contribution >= 4 is 11.6 Å². The van der Waals surface area contributed by atoms with Crippen molar-refractivity contribution in [2.24, 2.45) is 5.92 Å². The van der Waals surface area contributed by atoms with Crippen LogP contribution in [0, 0.1) is 12.8 Å². The van der Waals surface area contributed by atoms with Crippen molar-refractivity contribution in [3.8, 4) is 0 Å². The molecule has 0 saturated heterocycles. The Hall–Kier alpha value is -0.530. The first-order valence-corrected chi connectivity index (χ1v) is 6.90. The molecular formula is C15H24ClN. The Labute approximate surface area is 111 Å². The first kappa shape index (κ1) is 14.5. The van der Waals surface area contributed by atoms with Gasteiger partial charge in [0.1, 0.15) is 0 Å². The highest BCUT2D eigenvalue weighted by Crippen LogP contribution is 2.21. The standard InChI is InChI=1S/C15H24ClN/c1-5-8-17-13(4)12(3)10-14-7-6-11(2)9-15(14)16/h6-7,9,12-13,17H,5,8,10H2,1-4H3. The second kappa shape index (κ2) is 7.03. The minimum Gasteiger partial charge on any atom is -0.314 e. The van der Waals surface area contributed by atoms with Crippen molar-refractivity contribution in [1.29, 1.82) is 0 Å². The zero-order chi connectivity index (χ0) is 12.8.